The smallest absolute Gasteiger partial charge is 0.00105 e. The Labute approximate surface area is 64.2 Å². The highest BCUT2D eigenvalue weighted by Crippen LogP contribution is 1.97. The molecule has 2 nitrogen and oxygen atoms in total. The van der Waals surface area contributed by atoms with Gasteiger partial charge in [0.1, 0.15) is 0 Å². The highest BCUT2D eigenvalue weighted by atomic mass is 14.9. The van der Waals surface area contributed by atoms with E-state index in [0.717, 1.165) is 13.1 Å². The summed E-state index contributed by atoms with van der Waals surface area (Å²) in [6.07, 6.45) is 1.18. The largest absolute Gasteiger partial charge is 0.330 e. The van der Waals surface area contributed by atoms with Crippen LogP contribution in [-0.4, -0.2) is 19.1 Å². The van der Waals surface area contributed by atoms with Gasteiger partial charge in [-0.25, -0.2) is 0 Å². The Morgan fingerprint density at radius 1 is 1.40 bits per heavy atom. The van der Waals surface area contributed by atoms with Gasteiger partial charge in [0.15, 0.2) is 0 Å². The fourth-order valence-corrected chi connectivity index (χ4v) is 0.797. The second-order valence-electron chi connectivity index (χ2n) is 3.07. The van der Waals surface area contributed by atoms with Gasteiger partial charge in [0.05, 0.1) is 0 Å². The van der Waals surface area contributed by atoms with Crippen LogP contribution in [0.2, 0.25) is 0 Å². The summed E-state index contributed by atoms with van der Waals surface area (Å²) in [6.45, 7) is 8.35. The SMILES string of the molecule is CCC(CN)CNC(C)C. The molecular formula is C8H20N2. The predicted molar refractivity (Wildman–Crippen MR) is 46.0 cm³/mol. The van der Waals surface area contributed by atoms with Crippen molar-refractivity contribution in [2.45, 2.75) is 33.2 Å². The maximum atomic E-state index is 5.53. The summed E-state index contributed by atoms with van der Waals surface area (Å²) in [5.41, 5.74) is 5.53. The van der Waals surface area contributed by atoms with Gasteiger partial charge in [0, 0.05) is 6.04 Å². The molecule has 0 spiro atoms. The summed E-state index contributed by atoms with van der Waals surface area (Å²) in [6, 6.07) is 0.584. The zero-order chi connectivity index (χ0) is 7.98. The normalized spacial score (nSPS) is 14.1. The van der Waals surface area contributed by atoms with Crippen molar-refractivity contribution in [3.8, 4) is 0 Å². The van der Waals surface area contributed by atoms with Crippen molar-refractivity contribution < 1.29 is 0 Å². The third-order valence-electron chi connectivity index (χ3n) is 1.73. The molecule has 0 amide bonds. The number of hydrogen-bond acceptors (Lipinski definition) is 2. The summed E-state index contributed by atoms with van der Waals surface area (Å²) >= 11 is 0. The molecule has 0 aliphatic heterocycles. The zero-order valence-electron chi connectivity index (χ0n) is 7.35. The van der Waals surface area contributed by atoms with E-state index < -0.39 is 0 Å². The summed E-state index contributed by atoms with van der Waals surface area (Å²) in [7, 11) is 0. The molecule has 10 heavy (non-hydrogen) atoms. The molecule has 0 bridgehead atoms. The molecule has 0 saturated carbocycles. The minimum Gasteiger partial charge on any atom is -0.330 e. The van der Waals surface area contributed by atoms with Gasteiger partial charge in [0.25, 0.3) is 0 Å². The van der Waals surface area contributed by atoms with Crippen LogP contribution in [0.15, 0.2) is 0 Å². The molecule has 0 fully saturated rings. The van der Waals surface area contributed by atoms with E-state index in [0.29, 0.717) is 12.0 Å². The maximum Gasteiger partial charge on any atom is 0.00105 e. The molecule has 0 aliphatic carbocycles. The van der Waals surface area contributed by atoms with E-state index in [1.54, 1.807) is 0 Å². The third kappa shape index (κ3) is 4.77. The van der Waals surface area contributed by atoms with Crippen LogP contribution < -0.4 is 11.1 Å². The lowest BCUT2D eigenvalue weighted by molar-refractivity contribution is 0.446. The standard InChI is InChI=1S/C8H20N2/c1-4-8(5-9)6-10-7(2)3/h7-8,10H,4-6,9H2,1-3H3. The first-order valence-corrected chi connectivity index (χ1v) is 4.14. The van der Waals surface area contributed by atoms with Crippen molar-refractivity contribution in [1.82, 2.24) is 5.32 Å². The summed E-state index contributed by atoms with van der Waals surface area (Å²) in [4.78, 5) is 0. The van der Waals surface area contributed by atoms with Crippen molar-refractivity contribution in [2.24, 2.45) is 11.7 Å². The van der Waals surface area contributed by atoms with Crippen LogP contribution in [0.1, 0.15) is 27.2 Å². The van der Waals surface area contributed by atoms with Crippen molar-refractivity contribution in [3.05, 3.63) is 0 Å². The van der Waals surface area contributed by atoms with Gasteiger partial charge in [-0.05, 0) is 19.0 Å². The lowest BCUT2D eigenvalue weighted by Crippen LogP contribution is -2.32. The van der Waals surface area contributed by atoms with Crippen LogP contribution in [0.5, 0.6) is 0 Å². The molecule has 1 atom stereocenters. The fourth-order valence-electron chi connectivity index (χ4n) is 0.797. The Morgan fingerprint density at radius 3 is 2.30 bits per heavy atom. The van der Waals surface area contributed by atoms with Gasteiger partial charge >= 0.3 is 0 Å². The molecule has 0 aliphatic rings. The van der Waals surface area contributed by atoms with Crippen LogP contribution in [-0.2, 0) is 0 Å². The molecular weight excluding hydrogens is 124 g/mol. The van der Waals surface area contributed by atoms with Gasteiger partial charge in [0.2, 0.25) is 0 Å². The fraction of sp³-hybridized carbons (Fsp3) is 1.00. The quantitative estimate of drug-likeness (QED) is 0.603. The predicted octanol–water partition coefficient (Wildman–Crippen LogP) is 0.969. The molecule has 1 unspecified atom stereocenters. The van der Waals surface area contributed by atoms with Gasteiger partial charge in [-0.1, -0.05) is 27.2 Å². The Hall–Kier alpha value is -0.0800. The highest BCUT2D eigenvalue weighted by Gasteiger charge is 2.02. The Kier molecular flexibility index (Phi) is 5.64. The molecule has 0 aromatic rings. The monoisotopic (exact) mass is 144 g/mol. The van der Waals surface area contributed by atoms with E-state index in [2.05, 4.69) is 26.1 Å². The summed E-state index contributed by atoms with van der Waals surface area (Å²) < 4.78 is 0. The average molecular weight is 144 g/mol. The molecule has 2 heteroatoms. The number of rotatable bonds is 5. The minimum absolute atomic E-state index is 0.584. The first-order chi connectivity index (χ1) is 4.70. The van der Waals surface area contributed by atoms with E-state index in [9.17, 15) is 0 Å². The molecule has 0 saturated heterocycles. The number of nitrogens with two attached hydrogens (primary N) is 1. The topological polar surface area (TPSA) is 38.0 Å². The molecule has 0 radical (unpaired) electrons. The van der Waals surface area contributed by atoms with Gasteiger partial charge in [-0.2, -0.15) is 0 Å². The number of hydrogen-bond donors (Lipinski definition) is 2. The van der Waals surface area contributed by atoms with Crippen LogP contribution in [0, 0.1) is 5.92 Å². The first-order valence-electron chi connectivity index (χ1n) is 4.14. The van der Waals surface area contributed by atoms with Crippen molar-refractivity contribution >= 4 is 0 Å². The molecule has 0 aromatic heterocycles. The Morgan fingerprint density at radius 2 is 2.00 bits per heavy atom. The first kappa shape index (κ1) is 9.92. The summed E-state index contributed by atoms with van der Waals surface area (Å²) in [5.74, 6) is 0.655. The molecule has 0 aromatic carbocycles. The maximum absolute atomic E-state index is 5.53. The average Bonchev–Trinajstić information content (AvgIpc) is 1.90. The van der Waals surface area contributed by atoms with Gasteiger partial charge in [-0.15, -0.1) is 0 Å². The second-order valence-corrected chi connectivity index (χ2v) is 3.07. The van der Waals surface area contributed by atoms with Crippen molar-refractivity contribution in [2.75, 3.05) is 13.1 Å². The summed E-state index contributed by atoms with van der Waals surface area (Å²) in [5, 5.41) is 3.37. The van der Waals surface area contributed by atoms with E-state index in [4.69, 9.17) is 5.73 Å². The van der Waals surface area contributed by atoms with Gasteiger partial charge < -0.3 is 11.1 Å². The van der Waals surface area contributed by atoms with Crippen molar-refractivity contribution in [1.29, 1.82) is 0 Å². The van der Waals surface area contributed by atoms with E-state index in [1.807, 2.05) is 0 Å². The highest BCUT2D eigenvalue weighted by molar-refractivity contribution is 4.62. The van der Waals surface area contributed by atoms with Crippen LogP contribution in [0.25, 0.3) is 0 Å². The molecule has 3 N–H and O–H groups in total. The van der Waals surface area contributed by atoms with Crippen LogP contribution in [0.4, 0.5) is 0 Å². The van der Waals surface area contributed by atoms with Crippen molar-refractivity contribution in [3.63, 3.8) is 0 Å². The van der Waals surface area contributed by atoms with Crippen LogP contribution >= 0.6 is 0 Å². The van der Waals surface area contributed by atoms with E-state index in [1.165, 1.54) is 6.42 Å². The second kappa shape index (κ2) is 5.69. The lowest BCUT2D eigenvalue weighted by atomic mass is 10.1. The molecule has 0 rings (SSSR count). The molecule has 0 heterocycles. The van der Waals surface area contributed by atoms with Crippen LogP contribution in [0.3, 0.4) is 0 Å². The minimum atomic E-state index is 0.584. The molecule has 62 valence electrons. The Balaban J connectivity index is 3.26. The number of nitrogens with one attached hydrogen (secondary N) is 1. The van der Waals surface area contributed by atoms with E-state index in [-0.39, 0.29) is 0 Å². The van der Waals surface area contributed by atoms with Gasteiger partial charge in [-0.3, -0.25) is 0 Å². The van der Waals surface area contributed by atoms with E-state index >= 15 is 0 Å². The zero-order valence-corrected chi connectivity index (χ0v) is 7.35. The Bertz CT molecular complexity index is 67.7. The lowest BCUT2D eigenvalue weighted by Gasteiger charge is -2.14. The third-order valence-corrected chi connectivity index (χ3v) is 1.73.